The zero-order valence-electron chi connectivity index (χ0n) is 12.7. The Bertz CT molecular complexity index is 349. The van der Waals surface area contributed by atoms with Crippen molar-refractivity contribution in [1.82, 2.24) is 10.2 Å². The Balaban J connectivity index is 1.64. The van der Waals surface area contributed by atoms with Crippen LogP contribution in [0.5, 0.6) is 0 Å². The summed E-state index contributed by atoms with van der Waals surface area (Å²) in [5.74, 6) is 1.05. The van der Waals surface area contributed by atoms with Gasteiger partial charge in [-0.15, -0.1) is 0 Å². The van der Waals surface area contributed by atoms with Gasteiger partial charge in [-0.2, -0.15) is 0 Å². The summed E-state index contributed by atoms with van der Waals surface area (Å²) in [4.78, 5) is 18.5. The topological polar surface area (TPSA) is 44.7 Å². The van der Waals surface area contributed by atoms with Crippen LogP contribution in [0.3, 0.4) is 0 Å². The van der Waals surface area contributed by atoms with Gasteiger partial charge in [0, 0.05) is 31.3 Å². The van der Waals surface area contributed by atoms with Crippen LogP contribution in [0.1, 0.15) is 46.0 Å². The standard InChI is InChI=1S/C15H27N3OS/c1-3-12(4-2)13-11-17-15(20-13)16-8-7-14(19)18-9-5-6-10-18/h12-13H,3-11H2,1-2H3,(H,16,17). The molecule has 114 valence electrons. The van der Waals surface area contributed by atoms with Crippen molar-refractivity contribution in [2.24, 2.45) is 10.9 Å². The van der Waals surface area contributed by atoms with E-state index in [1.54, 1.807) is 0 Å². The maximum absolute atomic E-state index is 11.9. The highest BCUT2D eigenvalue weighted by molar-refractivity contribution is 8.14. The number of carbonyl (C=O) groups is 1. The molecule has 0 aliphatic carbocycles. The lowest BCUT2D eigenvalue weighted by atomic mass is 9.99. The van der Waals surface area contributed by atoms with Crippen LogP contribution >= 0.6 is 11.8 Å². The van der Waals surface area contributed by atoms with Gasteiger partial charge >= 0.3 is 0 Å². The second-order valence-corrected chi connectivity index (χ2v) is 6.87. The Morgan fingerprint density at radius 3 is 2.75 bits per heavy atom. The molecule has 1 amide bonds. The number of hydrogen-bond donors (Lipinski definition) is 1. The van der Waals surface area contributed by atoms with E-state index < -0.39 is 0 Å². The highest BCUT2D eigenvalue weighted by atomic mass is 32.2. The lowest BCUT2D eigenvalue weighted by molar-refractivity contribution is -0.129. The number of nitrogens with one attached hydrogen (secondary N) is 1. The molecule has 0 bridgehead atoms. The van der Waals surface area contributed by atoms with E-state index >= 15 is 0 Å². The number of hydrogen-bond acceptors (Lipinski definition) is 4. The third-order valence-corrected chi connectivity index (χ3v) is 5.66. The van der Waals surface area contributed by atoms with Crippen LogP contribution in [0, 0.1) is 5.92 Å². The highest BCUT2D eigenvalue weighted by Gasteiger charge is 2.26. The molecule has 2 aliphatic rings. The van der Waals surface area contributed by atoms with Gasteiger partial charge in [0.2, 0.25) is 5.91 Å². The first-order valence-corrected chi connectivity index (χ1v) is 8.85. The van der Waals surface area contributed by atoms with Crippen molar-refractivity contribution in [3.05, 3.63) is 0 Å². The minimum Gasteiger partial charge on any atom is -0.364 e. The Hall–Kier alpha value is -0.710. The average Bonchev–Trinajstić information content (AvgIpc) is 3.11. The minimum atomic E-state index is 0.287. The van der Waals surface area contributed by atoms with E-state index in [2.05, 4.69) is 24.2 Å². The summed E-state index contributed by atoms with van der Waals surface area (Å²) in [7, 11) is 0. The summed E-state index contributed by atoms with van der Waals surface area (Å²) in [5, 5.41) is 5.00. The Labute approximate surface area is 126 Å². The predicted molar refractivity (Wildman–Crippen MR) is 86.2 cm³/mol. The van der Waals surface area contributed by atoms with Gasteiger partial charge in [0.15, 0.2) is 5.17 Å². The van der Waals surface area contributed by atoms with E-state index in [1.165, 1.54) is 25.7 Å². The number of nitrogens with zero attached hydrogens (tertiary/aromatic N) is 2. The van der Waals surface area contributed by atoms with E-state index in [0.29, 0.717) is 11.7 Å². The van der Waals surface area contributed by atoms with Crippen LogP contribution in [0.15, 0.2) is 4.99 Å². The first-order valence-electron chi connectivity index (χ1n) is 7.97. The summed E-state index contributed by atoms with van der Waals surface area (Å²) >= 11 is 1.87. The fraction of sp³-hybridized carbons (Fsp3) is 0.867. The molecular weight excluding hydrogens is 270 g/mol. The summed E-state index contributed by atoms with van der Waals surface area (Å²) in [5.41, 5.74) is 0. The quantitative estimate of drug-likeness (QED) is 0.819. The molecule has 1 N–H and O–H groups in total. The number of thioether (sulfide) groups is 1. The zero-order chi connectivity index (χ0) is 14.4. The lowest BCUT2D eigenvalue weighted by Gasteiger charge is -2.19. The van der Waals surface area contributed by atoms with Gasteiger partial charge in [0.25, 0.3) is 0 Å². The van der Waals surface area contributed by atoms with Gasteiger partial charge in [0.05, 0.1) is 6.54 Å². The number of carbonyl (C=O) groups excluding carboxylic acids is 1. The van der Waals surface area contributed by atoms with E-state index in [4.69, 9.17) is 0 Å². The normalized spacial score (nSPS) is 22.4. The molecule has 20 heavy (non-hydrogen) atoms. The molecule has 0 aromatic heterocycles. The lowest BCUT2D eigenvalue weighted by Crippen LogP contribution is -2.31. The van der Waals surface area contributed by atoms with E-state index in [1.807, 2.05) is 16.7 Å². The maximum atomic E-state index is 11.9. The highest BCUT2D eigenvalue weighted by Crippen LogP contribution is 2.30. The van der Waals surface area contributed by atoms with Crippen molar-refractivity contribution in [3.63, 3.8) is 0 Å². The summed E-state index contributed by atoms with van der Waals surface area (Å²) in [6.45, 7) is 8.07. The molecule has 1 unspecified atom stereocenters. The number of amides is 1. The number of aliphatic imine (C=N–C) groups is 1. The van der Waals surface area contributed by atoms with Crippen LogP contribution in [0.25, 0.3) is 0 Å². The summed E-state index contributed by atoms with van der Waals surface area (Å²) in [6, 6.07) is 0. The van der Waals surface area contributed by atoms with Crippen molar-refractivity contribution < 1.29 is 4.79 Å². The van der Waals surface area contributed by atoms with Crippen molar-refractivity contribution in [2.75, 3.05) is 26.2 Å². The summed E-state index contributed by atoms with van der Waals surface area (Å²) < 4.78 is 0. The largest absolute Gasteiger partial charge is 0.364 e. The molecule has 0 radical (unpaired) electrons. The van der Waals surface area contributed by atoms with Gasteiger partial charge in [-0.25, -0.2) is 0 Å². The molecule has 2 heterocycles. The molecule has 0 spiro atoms. The van der Waals surface area contributed by atoms with Gasteiger partial charge in [0.1, 0.15) is 0 Å². The first-order chi connectivity index (χ1) is 9.74. The monoisotopic (exact) mass is 297 g/mol. The molecule has 0 saturated carbocycles. The number of rotatable bonds is 6. The fourth-order valence-corrected chi connectivity index (χ4v) is 4.30. The summed E-state index contributed by atoms with van der Waals surface area (Å²) in [6.07, 6.45) is 5.38. The van der Waals surface area contributed by atoms with E-state index in [-0.39, 0.29) is 5.91 Å². The second kappa shape index (κ2) is 7.91. The Morgan fingerprint density at radius 2 is 2.10 bits per heavy atom. The molecule has 5 heteroatoms. The smallest absolute Gasteiger partial charge is 0.224 e. The van der Waals surface area contributed by atoms with Crippen molar-refractivity contribution >= 4 is 22.8 Å². The number of amidine groups is 1. The van der Waals surface area contributed by atoms with E-state index in [9.17, 15) is 4.79 Å². The van der Waals surface area contributed by atoms with Crippen LogP contribution in [0.2, 0.25) is 0 Å². The van der Waals surface area contributed by atoms with Gasteiger partial charge in [-0.1, -0.05) is 38.5 Å². The van der Waals surface area contributed by atoms with Crippen LogP contribution in [-0.2, 0) is 4.79 Å². The minimum absolute atomic E-state index is 0.287. The van der Waals surface area contributed by atoms with Gasteiger partial charge in [-0.3, -0.25) is 9.79 Å². The third kappa shape index (κ3) is 4.14. The van der Waals surface area contributed by atoms with Crippen LogP contribution in [0.4, 0.5) is 0 Å². The first kappa shape index (κ1) is 15.7. The molecule has 0 aromatic rings. The Kier molecular flexibility index (Phi) is 6.20. The van der Waals surface area contributed by atoms with Crippen molar-refractivity contribution in [2.45, 2.75) is 51.2 Å². The molecule has 1 fully saturated rings. The zero-order valence-corrected chi connectivity index (χ0v) is 13.5. The van der Waals surface area contributed by atoms with Gasteiger partial charge in [-0.05, 0) is 18.8 Å². The van der Waals surface area contributed by atoms with Gasteiger partial charge < -0.3 is 10.2 Å². The molecule has 2 aliphatic heterocycles. The number of likely N-dealkylation sites (tertiary alicyclic amines) is 1. The molecule has 2 rings (SSSR count). The maximum Gasteiger partial charge on any atom is 0.224 e. The SMILES string of the molecule is CCC(CC)C1CN=C(NCCC(=O)N2CCCC2)S1. The van der Waals surface area contributed by atoms with E-state index in [0.717, 1.165) is 37.3 Å². The van der Waals surface area contributed by atoms with Crippen molar-refractivity contribution in [1.29, 1.82) is 0 Å². The third-order valence-electron chi connectivity index (χ3n) is 4.33. The molecule has 0 aromatic carbocycles. The second-order valence-electron chi connectivity index (χ2n) is 5.64. The van der Waals surface area contributed by atoms with Crippen molar-refractivity contribution in [3.8, 4) is 0 Å². The Morgan fingerprint density at radius 1 is 1.40 bits per heavy atom. The molecule has 1 atom stereocenters. The van der Waals surface area contributed by atoms with Crippen LogP contribution < -0.4 is 5.32 Å². The van der Waals surface area contributed by atoms with Crippen LogP contribution in [-0.4, -0.2) is 47.4 Å². The molecule has 4 nitrogen and oxygen atoms in total. The average molecular weight is 297 g/mol. The predicted octanol–water partition coefficient (Wildman–Crippen LogP) is 2.50. The molecular formula is C15H27N3OS. The fourth-order valence-electron chi connectivity index (χ4n) is 2.95. The molecule has 1 saturated heterocycles.